The number of amides is 1. The second-order valence-electron chi connectivity index (χ2n) is 6.53. The van der Waals surface area contributed by atoms with Crippen LogP contribution >= 0.6 is 0 Å². The summed E-state index contributed by atoms with van der Waals surface area (Å²) in [6.07, 6.45) is 5.82. The lowest BCUT2D eigenvalue weighted by molar-refractivity contribution is -0.0523. The number of nitrogens with zero attached hydrogens (tertiary/aromatic N) is 4. The maximum absolute atomic E-state index is 12.6. The molecular weight excluding hydrogens is 384 g/mol. The Labute approximate surface area is 164 Å². The first-order chi connectivity index (χ1) is 14.0. The van der Waals surface area contributed by atoms with E-state index in [1.807, 2.05) is 0 Å². The Hall–Kier alpha value is -3.50. The molecule has 3 N–H and O–H groups in total. The number of pyridine rings is 1. The van der Waals surface area contributed by atoms with Gasteiger partial charge in [-0.05, 0) is 31.4 Å². The standard InChI is InChI=1S/C18H19F2N7O2/c1-21-14-8-13(25-12-6-3-7-22-17(12)29-18(19)20)26-15-11(9-23-27(14)15)16(28)24-10-4-2-5-10/h3,6-10,18,21H,2,4-5H2,1H3,(H,24,28)(H,25,26). The van der Waals surface area contributed by atoms with Gasteiger partial charge in [-0.15, -0.1) is 0 Å². The topological polar surface area (TPSA) is 105 Å². The Morgan fingerprint density at radius 3 is 2.90 bits per heavy atom. The molecule has 1 aliphatic carbocycles. The minimum absolute atomic E-state index is 0.173. The lowest BCUT2D eigenvalue weighted by atomic mass is 9.93. The van der Waals surface area contributed by atoms with E-state index in [-0.39, 0.29) is 23.5 Å². The number of fused-ring (bicyclic) bond motifs is 1. The molecule has 1 amide bonds. The Kier molecular flexibility index (Phi) is 5.10. The van der Waals surface area contributed by atoms with Crippen molar-refractivity contribution in [2.24, 2.45) is 0 Å². The molecule has 3 heterocycles. The minimum Gasteiger partial charge on any atom is -0.415 e. The summed E-state index contributed by atoms with van der Waals surface area (Å²) < 4.78 is 31.2. The number of carbonyl (C=O) groups is 1. The van der Waals surface area contributed by atoms with Crippen LogP contribution in [0.1, 0.15) is 29.6 Å². The smallest absolute Gasteiger partial charge is 0.388 e. The van der Waals surface area contributed by atoms with Crippen LogP contribution in [0.15, 0.2) is 30.6 Å². The normalized spacial score (nSPS) is 13.9. The lowest BCUT2D eigenvalue weighted by Gasteiger charge is -2.26. The summed E-state index contributed by atoms with van der Waals surface area (Å²) in [5, 5.41) is 13.1. The molecule has 1 aliphatic rings. The summed E-state index contributed by atoms with van der Waals surface area (Å²) in [7, 11) is 1.70. The van der Waals surface area contributed by atoms with Gasteiger partial charge in [-0.25, -0.2) is 9.97 Å². The van der Waals surface area contributed by atoms with E-state index >= 15 is 0 Å². The number of hydrogen-bond acceptors (Lipinski definition) is 7. The van der Waals surface area contributed by atoms with E-state index in [1.165, 1.54) is 23.0 Å². The molecule has 0 radical (unpaired) electrons. The molecule has 11 heteroatoms. The average molecular weight is 403 g/mol. The SMILES string of the molecule is CNc1cc(Nc2cccnc2OC(F)F)nc2c(C(=O)NC3CCC3)cnn12. The van der Waals surface area contributed by atoms with Gasteiger partial charge in [-0.3, -0.25) is 4.79 Å². The maximum Gasteiger partial charge on any atom is 0.388 e. The average Bonchev–Trinajstić information content (AvgIpc) is 3.09. The summed E-state index contributed by atoms with van der Waals surface area (Å²) in [5.41, 5.74) is 0.871. The summed E-state index contributed by atoms with van der Waals surface area (Å²) >= 11 is 0. The maximum atomic E-state index is 12.6. The molecule has 1 fully saturated rings. The molecule has 0 bridgehead atoms. The summed E-state index contributed by atoms with van der Waals surface area (Å²) in [5.74, 6) is 0.360. The van der Waals surface area contributed by atoms with Crippen LogP contribution in [0.2, 0.25) is 0 Å². The van der Waals surface area contributed by atoms with E-state index in [0.717, 1.165) is 19.3 Å². The molecule has 3 aromatic heterocycles. The second-order valence-corrected chi connectivity index (χ2v) is 6.53. The van der Waals surface area contributed by atoms with Gasteiger partial charge in [-0.2, -0.15) is 18.4 Å². The molecule has 0 atom stereocenters. The first-order valence-electron chi connectivity index (χ1n) is 9.09. The Balaban J connectivity index is 1.68. The highest BCUT2D eigenvalue weighted by atomic mass is 19.3. The number of halogens is 2. The predicted molar refractivity (Wildman–Crippen MR) is 102 cm³/mol. The van der Waals surface area contributed by atoms with Crippen molar-refractivity contribution in [1.29, 1.82) is 0 Å². The second kappa shape index (κ2) is 7.86. The van der Waals surface area contributed by atoms with Crippen LogP contribution in [-0.2, 0) is 0 Å². The Morgan fingerprint density at radius 2 is 2.21 bits per heavy atom. The summed E-state index contributed by atoms with van der Waals surface area (Å²) in [6.45, 7) is -3.01. The zero-order valence-corrected chi connectivity index (χ0v) is 15.5. The molecule has 152 valence electrons. The van der Waals surface area contributed by atoms with Crippen molar-refractivity contribution < 1.29 is 18.3 Å². The fourth-order valence-electron chi connectivity index (χ4n) is 2.98. The van der Waals surface area contributed by atoms with Gasteiger partial charge >= 0.3 is 6.61 Å². The third kappa shape index (κ3) is 3.89. The highest BCUT2D eigenvalue weighted by Gasteiger charge is 2.23. The van der Waals surface area contributed by atoms with Gasteiger partial charge in [0.05, 0.1) is 6.20 Å². The van der Waals surface area contributed by atoms with Crippen molar-refractivity contribution in [3.8, 4) is 5.88 Å². The predicted octanol–water partition coefficient (Wildman–Crippen LogP) is 2.79. The number of anilines is 3. The minimum atomic E-state index is -3.01. The molecular formula is C18H19F2N7O2. The third-order valence-electron chi connectivity index (χ3n) is 4.65. The van der Waals surface area contributed by atoms with E-state index in [9.17, 15) is 13.6 Å². The highest BCUT2D eigenvalue weighted by molar-refractivity contribution is 6.00. The molecule has 4 rings (SSSR count). The van der Waals surface area contributed by atoms with Crippen LogP contribution in [0.25, 0.3) is 5.65 Å². The molecule has 29 heavy (non-hydrogen) atoms. The first kappa shape index (κ1) is 18.8. The van der Waals surface area contributed by atoms with Crippen LogP contribution in [0, 0.1) is 0 Å². The molecule has 0 aliphatic heterocycles. The largest absolute Gasteiger partial charge is 0.415 e. The monoisotopic (exact) mass is 403 g/mol. The molecule has 0 spiro atoms. The third-order valence-corrected chi connectivity index (χ3v) is 4.65. The fourth-order valence-corrected chi connectivity index (χ4v) is 2.98. The number of hydrogen-bond donors (Lipinski definition) is 3. The number of nitrogens with one attached hydrogen (secondary N) is 3. The van der Waals surface area contributed by atoms with Gasteiger partial charge in [0.25, 0.3) is 5.91 Å². The van der Waals surface area contributed by atoms with E-state index < -0.39 is 6.61 Å². The van der Waals surface area contributed by atoms with Gasteiger partial charge in [0.15, 0.2) is 5.65 Å². The quantitative estimate of drug-likeness (QED) is 0.557. The van der Waals surface area contributed by atoms with Crippen LogP contribution in [0.3, 0.4) is 0 Å². The van der Waals surface area contributed by atoms with Gasteiger partial charge in [0.1, 0.15) is 22.9 Å². The van der Waals surface area contributed by atoms with Crippen molar-refractivity contribution in [3.05, 3.63) is 36.2 Å². The van der Waals surface area contributed by atoms with Crippen LogP contribution < -0.4 is 20.7 Å². The lowest BCUT2D eigenvalue weighted by Crippen LogP contribution is -2.39. The molecule has 0 unspecified atom stereocenters. The van der Waals surface area contributed by atoms with Gasteiger partial charge in [-0.1, -0.05) is 0 Å². The molecule has 1 saturated carbocycles. The molecule has 9 nitrogen and oxygen atoms in total. The van der Waals surface area contributed by atoms with Crippen molar-refractivity contribution in [3.63, 3.8) is 0 Å². The van der Waals surface area contributed by atoms with Crippen LogP contribution in [0.4, 0.5) is 26.1 Å². The zero-order valence-electron chi connectivity index (χ0n) is 15.5. The molecule has 0 aromatic carbocycles. The van der Waals surface area contributed by atoms with E-state index in [4.69, 9.17) is 0 Å². The molecule has 0 saturated heterocycles. The van der Waals surface area contributed by atoms with Crippen LogP contribution in [-0.4, -0.2) is 45.2 Å². The number of ether oxygens (including phenoxy) is 1. The fraction of sp³-hybridized carbons (Fsp3) is 0.333. The van der Waals surface area contributed by atoms with Gasteiger partial charge in [0.2, 0.25) is 5.88 Å². The Bertz CT molecular complexity index is 1040. The summed E-state index contributed by atoms with van der Waals surface area (Å²) in [4.78, 5) is 20.9. The van der Waals surface area contributed by atoms with Crippen molar-refractivity contribution >= 4 is 28.9 Å². The van der Waals surface area contributed by atoms with Crippen molar-refractivity contribution in [2.45, 2.75) is 31.9 Å². The first-order valence-corrected chi connectivity index (χ1v) is 9.09. The number of carbonyl (C=O) groups excluding carboxylic acids is 1. The zero-order chi connectivity index (χ0) is 20.4. The van der Waals surface area contributed by atoms with E-state index in [0.29, 0.717) is 22.8 Å². The van der Waals surface area contributed by atoms with Gasteiger partial charge in [0, 0.05) is 25.4 Å². The van der Waals surface area contributed by atoms with Crippen molar-refractivity contribution in [1.82, 2.24) is 24.9 Å². The Morgan fingerprint density at radius 1 is 1.38 bits per heavy atom. The molecule has 3 aromatic rings. The number of rotatable bonds is 7. The van der Waals surface area contributed by atoms with Gasteiger partial charge < -0.3 is 20.7 Å². The number of alkyl halides is 2. The summed E-state index contributed by atoms with van der Waals surface area (Å²) in [6, 6.07) is 4.92. The van der Waals surface area contributed by atoms with Crippen molar-refractivity contribution in [2.75, 3.05) is 17.7 Å². The highest BCUT2D eigenvalue weighted by Crippen LogP contribution is 2.28. The van der Waals surface area contributed by atoms with E-state index in [2.05, 4.69) is 35.8 Å². The van der Waals surface area contributed by atoms with E-state index in [1.54, 1.807) is 19.2 Å². The van der Waals surface area contributed by atoms with Crippen LogP contribution in [0.5, 0.6) is 5.88 Å². The number of aromatic nitrogens is 4.